The van der Waals surface area contributed by atoms with E-state index in [1.54, 1.807) is 7.11 Å². The van der Waals surface area contributed by atoms with Gasteiger partial charge < -0.3 is 14.6 Å². The van der Waals surface area contributed by atoms with Crippen molar-refractivity contribution >= 4 is 0 Å². The van der Waals surface area contributed by atoms with Crippen LogP contribution in [-0.4, -0.2) is 29.8 Å². The van der Waals surface area contributed by atoms with E-state index in [0.717, 1.165) is 26.1 Å². The van der Waals surface area contributed by atoms with Crippen LogP contribution in [0.4, 0.5) is 0 Å². The fraction of sp³-hybridized carbons (Fsp3) is 0.812. The Hall–Kier alpha value is -0.870. The molecule has 1 aromatic heterocycles. The molecule has 0 aromatic carbocycles. The van der Waals surface area contributed by atoms with E-state index in [4.69, 9.17) is 9.72 Å². The Labute approximate surface area is 122 Å². The number of hydrogen-bond donors (Lipinski definition) is 1. The maximum Gasteiger partial charge on any atom is 0.115 e. The quantitative estimate of drug-likeness (QED) is 0.921. The highest BCUT2D eigenvalue weighted by Gasteiger charge is 2.31. The summed E-state index contributed by atoms with van der Waals surface area (Å²) in [5.74, 6) is 1.73. The lowest BCUT2D eigenvalue weighted by Crippen LogP contribution is -2.31. The number of rotatable bonds is 4. The molecule has 0 aliphatic carbocycles. The van der Waals surface area contributed by atoms with E-state index in [-0.39, 0.29) is 5.41 Å². The highest BCUT2D eigenvalue weighted by atomic mass is 16.5. The van der Waals surface area contributed by atoms with E-state index >= 15 is 0 Å². The molecule has 1 aliphatic rings. The molecule has 0 saturated heterocycles. The number of ether oxygens (including phenoxy) is 1. The Kier molecular flexibility index (Phi) is 4.55. The van der Waals surface area contributed by atoms with Crippen molar-refractivity contribution in [2.75, 3.05) is 20.3 Å². The molecule has 1 aliphatic heterocycles. The van der Waals surface area contributed by atoms with Crippen molar-refractivity contribution in [1.29, 1.82) is 0 Å². The molecule has 0 radical (unpaired) electrons. The second-order valence-corrected chi connectivity index (χ2v) is 7.14. The first kappa shape index (κ1) is 15.5. The lowest BCUT2D eigenvalue weighted by Gasteiger charge is -2.30. The Morgan fingerprint density at radius 1 is 1.35 bits per heavy atom. The van der Waals surface area contributed by atoms with Gasteiger partial charge in [0.25, 0.3) is 0 Å². The summed E-state index contributed by atoms with van der Waals surface area (Å²) in [5.41, 5.74) is 2.69. The van der Waals surface area contributed by atoms with Gasteiger partial charge in [0.05, 0.1) is 18.3 Å². The third-order valence-electron chi connectivity index (χ3n) is 4.03. The third-order valence-corrected chi connectivity index (χ3v) is 4.03. The average molecular weight is 279 g/mol. The minimum absolute atomic E-state index is 0.0538. The predicted octanol–water partition coefficient (Wildman–Crippen LogP) is 2.67. The predicted molar refractivity (Wildman–Crippen MR) is 82.1 cm³/mol. The summed E-state index contributed by atoms with van der Waals surface area (Å²) in [6.45, 7) is 14.0. The number of fused-ring (bicyclic) bond motifs is 1. The van der Waals surface area contributed by atoms with Gasteiger partial charge in [-0.15, -0.1) is 0 Å². The molecule has 0 saturated carbocycles. The van der Waals surface area contributed by atoms with Gasteiger partial charge in [-0.25, -0.2) is 4.98 Å². The smallest absolute Gasteiger partial charge is 0.115 e. The Morgan fingerprint density at radius 3 is 2.60 bits per heavy atom. The highest BCUT2D eigenvalue weighted by Crippen LogP contribution is 2.32. The molecule has 1 unspecified atom stereocenters. The Morgan fingerprint density at radius 2 is 2.05 bits per heavy atom. The van der Waals surface area contributed by atoms with Crippen LogP contribution in [0.5, 0.6) is 0 Å². The van der Waals surface area contributed by atoms with Crippen molar-refractivity contribution in [3.63, 3.8) is 0 Å². The van der Waals surface area contributed by atoms with Gasteiger partial charge in [-0.1, -0.05) is 34.6 Å². The van der Waals surface area contributed by atoms with Crippen molar-refractivity contribution in [3.05, 3.63) is 17.2 Å². The summed E-state index contributed by atoms with van der Waals surface area (Å²) < 4.78 is 7.96. The van der Waals surface area contributed by atoms with Gasteiger partial charge in [0.15, 0.2) is 0 Å². The van der Waals surface area contributed by atoms with Crippen LogP contribution >= 0.6 is 0 Å². The minimum atomic E-state index is 0.0538. The van der Waals surface area contributed by atoms with Crippen LogP contribution < -0.4 is 5.32 Å². The molecule has 1 aromatic rings. The number of imidazole rings is 1. The molecule has 2 rings (SSSR count). The molecule has 1 atom stereocenters. The fourth-order valence-electron chi connectivity index (χ4n) is 2.96. The molecule has 0 fully saturated rings. The molecular weight excluding hydrogens is 250 g/mol. The zero-order valence-electron chi connectivity index (χ0n) is 13.8. The molecule has 0 amide bonds. The lowest BCUT2D eigenvalue weighted by atomic mass is 9.94. The monoisotopic (exact) mass is 279 g/mol. The van der Waals surface area contributed by atoms with Crippen molar-refractivity contribution in [2.45, 2.75) is 59.0 Å². The third kappa shape index (κ3) is 2.91. The second kappa shape index (κ2) is 5.86. The minimum Gasteiger partial charge on any atom is -0.383 e. The van der Waals surface area contributed by atoms with Crippen molar-refractivity contribution in [3.8, 4) is 0 Å². The van der Waals surface area contributed by atoms with Crippen molar-refractivity contribution < 1.29 is 4.74 Å². The van der Waals surface area contributed by atoms with Gasteiger partial charge in [0.1, 0.15) is 5.82 Å². The summed E-state index contributed by atoms with van der Waals surface area (Å²) in [6.07, 6.45) is 1.06. The van der Waals surface area contributed by atoms with Crippen LogP contribution in [0.1, 0.15) is 57.9 Å². The van der Waals surface area contributed by atoms with Gasteiger partial charge in [-0.05, 0) is 5.92 Å². The molecule has 1 N–H and O–H groups in total. The molecule has 20 heavy (non-hydrogen) atoms. The van der Waals surface area contributed by atoms with Gasteiger partial charge in [0, 0.05) is 37.7 Å². The van der Waals surface area contributed by atoms with E-state index < -0.39 is 0 Å². The number of aromatic nitrogens is 2. The van der Waals surface area contributed by atoms with Crippen LogP contribution in [0, 0.1) is 5.92 Å². The summed E-state index contributed by atoms with van der Waals surface area (Å²) in [6, 6.07) is 0.364. The van der Waals surface area contributed by atoms with E-state index in [1.807, 2.05) is 0 Å². The maximum atomic E-state index is 5.48. The van der Waals surface area contributed by atoms with Crippen LogP contribution in [-0.2, 0) is 23.1 Å². The fourth-order valence-corrected chi connectivity index (χ4v) is 2.96. The normalized spacial score (nSPS) is 17.4. The summed E-state index contributed by atoms with van der Waals surface area (Å²) in [4.78, 5) is 4.95. The molecule has 4 nitrogen and oxygen atoms in total. The zero-order valence-corrected chi connectivity index (χ0v) is 13.8. The Bertz CT molecular complexity index is 457. The zero-order chi connectivity index (χ0) is 14.9. The first-order chi connectivity index (χ1) is 9.36. The largest absolute Gasteiger partial charge is 0.383 e. The van der Waals surface area contributed by atoms with Gasteiger partial charge in [-0.2, -0.15) is 0 Å². The van der Waals surface area contributed by atoms with Crippen LogP contribution in [0.3, 0.4) is 0 Å². The molecule has 0 bridgehead atoms. The maximum absolute atomic E-state index is 5.48. The van der Waals surface area contributed by atoms with Gasteiger partial charge >= 0.3 is 0 Å². The van der Waals surface area contributed by atoms with Crippen molar-refractivity contribution in [2.24, 2.45) is 5.92 Å². The molecule has 2 heterocycles. The summed E-state index contributed by atoms with van der Waals surface area (Å²) >= 11 is 0. The SMILES string of the molecule is COCC(C(C)C)n1c(C(C)(C)C)nc2c1CCNC2. The first-order valence-electron chi connectivity index (χ1n) is 7.66. The molecule has 114 valence electrons. The van der Waals surface area contributed by atoms with Crippen LogP contribution in [0.15, 0.2) is 0 Å². The topological polar surface area (TPSA) is 39.1 Å². The van der Waals surface area contributed by atoms with E-state index in [2.05, 4.69) is 44.5 Å². The van der Waals surface area contributed by atoms with Gasteiger partial charge in [0.2, 0.25) is 0 Å². The van der Waals surface area contributed by atoms with E-state index in [0.29, 0.717) is 12.0 Å². The average Bonchev–Trinajstić information content (AvgIpc) is 2.74. The number of nitrogens with one attached hydrogen (secondary N) is 1. The number of nitrogens with zero attached hydrogens (tertiary/aromatic N) is 2. The highest BCUT2D eigenvalue weighted by molar-refractivity contribution is 5.24. The summed E-state index contributed by atoms with van der Waals surface area (Å²) in [5, 5.41) is 3.43. The first-order valence-corrected chi connectivity index (χ1v) is 7.66. The number of hydrogen-bond acceptors (Lipinski definition) is 3. The molecular formula is C16H29N3O. The molecule has 4 heteroatoms. The van der Waals surface area contributed by atoms with Gasteiger partial charge in [-0.3, -0.25) is 0 Å². The van der Waals surface area contributed by atoms with Crippen molar-refractivity contribution in [1.82, 2.24) is 14.9 Å². The van der Waals surface area contributed by atoms with E-state index in [1.165, 1.54) is 17.2 Å². The van der Waals surface area contributed by atoms with Crippen LogP contribution in [0.25, 0.3) is 0 Å². The standard InChI is InChI=1S/C16H29N3O/c1-11(2)14(10-20-6)19-13-7-8-17-9-12(13)18-15(19)16(3,4)5/h11,14,17H,7-10H2,1-6H3. The summed E-state index contributed by atoms with van der Waals surface area (Å²) in [7, 11) is 1.79. The lowest BCUT2D eigenvalue weighted by molar-refractivity contribution is 0.128. The second-order valence-electron chi connectivity index (χ2n) is 7.14. The van der Waals surface area contributed by atoms with E-state index in [9.17, 15) is 0 Å². The Balaban J connectivity index is 2.55. The van der Waals surface area contributed by atoms with Crippen LogP contribution in [0.2, 0.25) is 0 Å². The molecule has 0 spiro atoms. The number of methoxy groups -OCH3 is 1.